The molecule has 1 aliphatic rings. The van der Waals surface area contributed by atoms with Gasteiger partial charge < -0.3 is 0 Å². The van der Waals surface area contributed by atoms with Crippen LogP contribution in [-0.2, 0) is 0 Å². The van der Waals surface area contributed by atoms with Gasteiger partial charge in [0.2, 0.25) is 0 Å². The van der Waals surface area contributed by atoms with Crippen LogP contribution >= 0.6 is 0 Å². The van der Waals surface area contributed by atoms with Crippen molar-refractivity contribution >= 4 is 0 Å². The predicted octanol–water partition coefficient (Wildman–Crippen LogP) is 2.46. The summed E-state index contributed by atoms with van der Waals surface area (Å²) in [5.74, 6) is 0.268. The minimum absolute atomic E-state index is 0.212. The molecule has 0 radical (unpaired) electrons. The zero-order valence-corrected chi connectivity index (χ0v) is 8.60. The molecule has 0 aromatic rings. The summed E-state index contributed by atoms with van der Waals surface area (Å²) < 4.78 is 12.9. The Labute approximate surface area is 74.9 Å². The Bertz CT molecular complexity index is 148. The fourth-order valence-electron chi connectivity index (χ4n) is 1.77. The molecule has 12 heavy (non-hydrogen) atoms. The molecule has 2 atom stereocenters. The van der Waals surface area contributed by atoms with Gasteiger partial charge in [0.25, 0.3) is 0 Å². The second-order valence-electron chi connectivity index (χ2n) is 4.84. The minimum Gasteiger partial charge on any atom is -0.298 e. The number of hydrogen-bond acceptors (Lipinski definition) is 1. The van der Waals surface area contributed by atoms with E-state index in [1.165, 1.54) is 0 Å². The van der Waals surface area contributed by atoms with Crippen LogP contribution < -0.4 is 0 Å². The number of alkyl halides is 1. The lowest BCUT2D eigenvalue weighted by molar-refractivity contribution is 0.154. The summed E-state index contributed by atoms with van der Waals surface area (Å²) in [6, 6.07) is 0. The van der Waals surface area contributed by atoms with Crippen LogP contribution in [0.2, 0.25) is 0 Å². The molecular formula is C10H20FN. The first-order valence-corrected chi connectivity index (χ1v) is 4.80. The van der Waals surface area contributed by atoms with Gasteiger partial charge in [0.1, 0.15) is 6.17 Å². The van der Waals surface area contributed by atoms with Crippen LogP contribution in [0.3, 0.4) is 0 Å². The van der Waals surface area contributed by atoms with E-state index in [0.29, 0.717) is 0 Å². The summed E-state index contributed by atoms with van der Waals surface area (Å²) in [6.07, 6.45) is 0.381. The van der Waals surface area contributed by atoms with Crippen molar-refractivity contribution in [3.05, 3.63) is 0 Å². The van der Waals surface area contributed by atoms with Gasteiger partial charge in [-0.05, 0) is 40.7 Å². The van der Waals surface area contributed by atoms with Gasteiger partial charge in [-0.2, -0.15) is 0 Å². The predicted molar refractivity (Wildman–Crippen MR) is 50.0 cm³/mol. The monoisotopic (exact) mass is 173 g/mol. The molecule has 1 nitrogen and oxygen atoms in total. The quantitative estimate of drug-likeness (QED) is 0.589. The van der Waals surface area contributed by atoms with E-state index in [4.69, 9.17) is 0 Å². The first-order valence-electron chi connectivity index (χ1n) is 4.80. The fraction of sp³-hybridized carbons (Fsp3) is 1.00. The van der Waals surface area contributed by atoms with Crippen LogP contribution in [0, 0.1) is 5.92 Å². The van der Waals surface area contributed by atoms with Gasteiger partial charge in [0, 0.05) is 18.0 Å². The van der Waals surface area contributed by atoms with E-state index in [0.717, 1.165) is 19.5 Å². The van der Waals surface area contributed by atoms with Gasteiger partial charge in [-0.1, -0.05) is 0 Å². The van der Waals surface area contributed by atoms with E-state index >= 15 is 0 Å². The highest BCUT2D eigenvalue weighted by Crippen LogP contribution is 2.27. The van der Waals surface area contributed by atoms with Crippen molar-refractivity contribution in [2.24, 2.45) is 5.92 Å². The zero-order chi connectivity index (χ0) is 9.35. The van der Waals surface area contributed by atoms with E-state index in [2.05, 4.69) is 25.7 Å². The maximum atomic E-state index is 12.9. The van der Waals surface area contributed by atoms with Crippen molar-refractivity contribution in [2.75, 3.05) is 13.1 Å². The van der Waals surface area contributed by atoms with Crippen molar-refractivity contribution in [3.63, 3.8) is 0 Å². The topological polar surface area (TPSA) is 3.24 Å². The SMILES string of the molecule is CC(F)C1CCN(C(C)(C)C)C1. The van der Waals surface area contributed by atoms with Gasteiger partial charge in [-0.25, -0.2) is 4.39 Å². The molecule has 1 saturated heterocycles. The lowest BCUT2D eigenvalue weighted by Gasteiger charge is -2.31. The minimum atomic E-state index is -0.641. The first-order chi connectivity index (χ1) is 5.41. The molecule has 0 aromatic carbocycles. The number of halogens is 1. The Morgan fingerprint density at radius 2 is 2.00 bits per heavy atom. The van der Waals surface area contributed by atoms with Crippen molar-refractivity contribution in [1.29, 1.82) is 0 Å². The Balaban J connectivity index is 2.46. The summed E-state index contributed by atoms with van der Waals surface area (Å²) in [7, 11) is 0. The molecule has 2 heteroatoms. The Morgan fingerprint density at radius 1 is 1.42 bits per heavy atom. The van der Waals surface area contributed by atoms with Crippen molar-refractivity contribution < 1.29 is 4.39 Å². The first kappa shape index (κ1) is 9.97. The second-order valence-corrected chi connectivity index (χ2v) is 4.84. The maximum absolute atomic E-state index is 12.9. The van der Waals surface area contributed by atoms with Crippen molar-refractivity contribution in [2.45, 2.75) is 45.8 Å². The molecule has 0 N–H and O–H groups in total. The highest BCUT2D eigenvalue weighted by atomic mass is 19.1. The molecule has 1 fully saturated rings. The summed E-state index contributed by atoms with van der Waals surface area (Å²) >= 11 is 0. The summed E-state index contributed by atoms with van der Waals surface area (Å²) in [4.78, 5) is 2.37. The molecule has 0 aromatic heterocycles. The van der Waals surface area contributed by atoms with Crippen LogP contribution in [0.1, 0.15) is 34.1 Å². The third kappa shape index (κ3) is 2.19. The van der Waals surface area contributed by atoms with E-state index in [1.807, 2.05) is 0 Å². The third-order valence-electron chi connectivity index (χ3n) is 2.82. The zero-order valence-electron chi connectivity index (χ0n) is 8.60. The molecule has 0 bridgehead atoms. The maximum Gasteiger partial charge on any atom is 0.101 e. The number of hydrogen-bond donors (Lipinski definition) is 0. The van der Waals surface area contributed by atoms with Crippen LogP contribution in [0.5, 0.6) is 0 Å². The van der Waals surface area contributed by atoms with Gasteiger partial charge in [0.15, 0.2) is 0 Å². The summed E-state index contributed by atoms with van der Waals surface area (Å²) in [5, 5.41) is 0. The summed E-state index contributed by atoms with van der Waals surface area (Å²) in [6.45, 7) is 10.2. The molecule has 1 heterocycles. The van der Waals surface area contributed by atoms with Gasteiger partial charge in [-0.15, -0.1) is 0 Å². The van der Waals surface area contributed by atoms with E-state index in [1.54, 1.807) is 6.92 Å². The highest BCUT2D eigenvalue weighted by Gasteiger charge is 2.32. The fourth-order valence-corrected chi connectivity index (χ4v) is 1.77. The summed E-state index contributed by atoms with van der Waals surface area (Å²) in [5.41, 5.74) is 0.212. The lowest BCUT2D eigenvalue weighted by atomic mass is 10.0. The molecular weight excluding hydrogens is 153 g/mol. The van der Waals surface area contributed by atoms with Crippen molar-refractivity contribution in [1.82, 2.24) is 4.90 Å². The molecule has 0 spiro atoms. The standard InChI is InChI=1S/C10H20FN/c1-8(11)9-5-6-12(7-9)10(2,3)4/h8-9H,5-7H2,1-4H3. The van der Waals surface area contributed by atoms with Crippen LogP contribution in [0.4, 0.5) is 4.39 Å². The lowest BCUT2D eigenvalue weighted by Crippen LogP contribution is -2.39. The smallest absolute Gasteiger partial charge is 0.101 e. The molecule has 0 aliphatic carbocycles. The number of rotatable bonds is 1. The molecule has 2 unspecified atom stereocenters. The van der Waals surface area contributed by atoms with Crippen LogP contribution in [-0.4, -0.2) is 29.7 Å². The average Bonchev–Trinajstić information content (AvgIpc) is 2.30. The van der Waals surface area contributed by atoms with Crippen molar-refractivity contribution in [3.8, 4) is 0 Å². The van der Waals surface area contributed by atoms with Gasteiger partial charge in [-0.3, -0.25) is 4.90 Å². The Hall–Kier alpha value is -0.110. The average molecular weight is 173 g/mol. The number of likely N-dealkylation sites (tertiary alicyclic amines) is 1. The van der Waals surface area contributed by atoms with Crippen LogP contribution in [0.15, 0.2) is 0 Å². The molecule has 0 saturated carbocycles. The highest BCUT2D eigenvalue weighted by molar-refractivity contribution is 4.86. The van der Waals surface area contributed by atoms with E-state index in [-0.39, 0.29) is 11.5 Å². The molecule has 72 valence electrons. The van der Waals surface area contributed by atoms with Gasteiger partial charge in [0.05, 0.1) is 0 Å². The van der Waals surface area contributed by atoms with Crippen LogP contribution in [0.25, 0.3) is 0 Å². The third-order valence-corrected chi connectivity index (χ3v) is 2.82. The molecule has 0 amide bonds. The largest absolute Gasteiger partial charge is 0.298 e. The molecule has 1 rings (SSSR count). The van der Waals surface area contributed by atoms with E-state index < -0.39 is 6.17 Å². The Morgan fingerprint density at radius 3 is 2.25 bits per heavy atom. The normalized spacial score (nSPS) is 29.2. The Kier molecular flexibility index (Phi) is 2.77. The van der Waals surface area contributed by atoms with Gasteiger partial charge >= 0.3 is 0 Å². The number of nitrogens with zero attached hydrogens (tertiary/aromatic N) is 1. The second kappa shape index (κ2) is 3.33. The van der Waals surface area contributed by atoms with E-state index in [9.17, 15) is 4.39 Å². The molecule has 1 aliphatic heterocycles.